The van der Waals surface area contributed by atoms with E-state index in [1.165, 1.54) is 31.2 Å². The first-order chi connectivity index (χ1) is 10.2. The second-order valence-corrected chi connectivity index (χ2v) is 5.38. The molecule has 110 valence electrons. The fourth-order valence-electron chi connectivity index (χ4n) is 2.68. The average molecular weight is 281 g/mol. The molecule has 0 aliphatic carbocycles. The van der Waals surface area contributed by atoms with Gasteiger partial charge in [0.2, 0.25) is 5.91 Å². The van der Waals surface area contributed by atoms with E-state index in [4.69, 9.17) is 5.73 Å². The van der Waals surface area contributed by atoms with Gasteiger partial charge in [0.25, 0.3) is 0 Å². The van der Waals surface area contributed by atoms with Crippen LogP contribution >= 0.6 is 0 Å². The maximum Gasteiger partial charge on any atom is 0.249 e. The molecule has 0 spiro atoms. The van der Waals surface area contributed by atoms with Gasteiger partial charge in [-0.25, -0.2) is 0 Å². The van der Waals surface area contributed by atoms with Gasteiger partial charge in [0.1, 0.15) is 0 Å². The van der Waals surface area contributed by atoms with Crippen LogP contribution in [0.3, 0.4) is 0 Å². The zero-order valence-electron chi connectivity index (χ0n) is 12.6. The van der Waals surface area contributed by atoms with E-state index in [9.17, 15) is 4.79 Å². The number of rotatable bonds is 7. The zero-order chi connectivity index (χ0) is 15.1. The lowest BCUT2D eigenvalue weighted by Crippen LogP contribution is -2.12. The lowest BCUT2D eigenvalue weighted by Gasteiger charge is -2.12. The maximum atomic E-state index is 11.6. The lowest BCUT2D eigenvalue weighted by molar-refractivity contribution is 0.100. The van der Waals surface area contributed by atoms with Gasteiger partial charge in [0.05, 0.1) is 0 Å². The minimum atomic E-state index is -0.369. The molecule has 0 fully saturated rings. The third kappa shape index (κ3) is 3.94. The molecular weight excluding hydrogens is 258 g/mol. The van der Waals surface area contributed by atoms with Gasteiger partial charge in [-0.1, -0.05) is 68.7 Å². The summed E-state index contributed by atoms with van der Waals surface area (Å²) in [6.07, 6.45) is 6.00. The summed E-state index contributed by atoms with van der Waals surface area (Å²) in [5, 5.41) is 0. The fraction of sp³-hybridized carbons (Fsp3) is 0.316. The van der Waals surface area contributed by atoms with Crippen LogP contribution in [-0.4, -0.2) is 5.91 Å². The molecule has 2 aromatic carbocycles. The van der Waals surface area contributed by atoms with Crippen molar-refractivity contribution in [3.05, 3.63) is 59.7 Å². The summed E-state index contributed by atoms with van der Waals surface area (Å²) >= 11 is 0. The van der Waals surface area contributed by atoms with E-state index < -0.39 is 0 Å². The Labute approximate surface area is 127 Å². The molecule has 1 amide bonds. The fourth-order valence-corrected chi connectivity index (χ4v) is 2.68. The molecular formula is C19H23NO. The SMILES string of the molecule is CCCCCCc1ccccc1-c1ccccc1C(N)=O. The second kappa shape index (κ2) is 7.63. The van der Waals surface area contributed by atoms with Crippen LogP contribution < -0.4 is 5.73 Å². The first kappa shape index (κ1) is 15.3. The monoisotopic (exact) mass is 281 g/mol. The third-order valence-corrected chi connectivity index (χ3v) is 3.80. The number of carbonyl (C=O) groups excluding carboxylic acids is 1. The van der Waals surface area contributed by atoms with Crippen molar-refractivity contribution >= 4 is 5.91 Å². The molecule has 2 N–H and O–H groups in total. The van der Waals surface area contributed by atoms with Crippen LogP contribution in [0.25, 0.3) is 11.1 Å². The van der Waals surface area contributed by atoms with Crippen molar-refractivity contribution in [2.75, 3.05) is 0 Å². The van der Waals surface area contributed by atoms with Crippen LogP contribution in [0, 0.1) is 0 Å². The van der Waals surface area contributed by atoms with Crippen molar-refractivity contribution in [3.63, 3.8) is 0 Å². The van der Waals surface area contributed by atoms with E-state index >= 15 is 0 Å². The largest absolute Gasteiger partial charge is 0.366 e. The normalized spacial score (nSPS) is 10.5. The van der Waals surface area contributed by atoms with Crippen LogP contribution in [0.1, 0.15) is 48.5 Å². The zero-order valence-corrected chi connectivity index (χ0v) is 12.6. The van der Waals surface area contributed by atoms with E-state index in [2.05, 4.69) is 25.1 Å². The minimum absolute atomic E-state index is 0.369. The first-order valence-corrected chi connectivity index (χ1v) is 7.71. The number of aryl methyl sites for hydroxylation is 1. The average Bonchev–Trinajstić information content (AvgIpc) is 2.52. The smallest absolute Gasteiger partial charge is 0.249 e. The van der Waals surface area contributed by atoms with Crippen molar-refractivity contribution < 1.29 is 4.79 Å². The molecule has 0 aliphatic rings. The van der Waals surface area contributed by atoms with Crippen molar-refractivity contribution in [1.82, 2.24) is 0 Å². The first-order valence-electron chi connectivity index (χ1n) is 7.71. The van der Waals surface area contributed by atoms with Crippen molar-refractivity contribution in [2.24, 2.45) is 5.73 Å². The summed E-state index contributed by atoms with van der Waals surface area (Å²) in [5.41, 5.74) is 9.46. The molecule has 2 nitrogen and oxygen atoms in total. The molecule has 0 aliphatic heterocycles. The molecule has 21 heavy (non-hydrogen) atoms. The van der Waals surface area contributed by atoms with Gasteiger partial charge in [-0.05, 0) is 35.6 Å². The van der Waals surface area contributed by atoms with Crippen LogP contribution in [0.2, 0.25) is 0 Å². The number of benzene rings is 2. The van der Waals surface area contributed by atoms with Gasteiger partial charge < -0.3 is 5.73 Å². The van der Waals surface area contributed by atoms with Gasteiger partial charge in [-0.3, -0.25) is 4.79 Å². The number of hydrogen-bond donors (Lipinski definition) is 1. The van der Waals surface area contributed by atoms with Gasteiger partial charge in [-0.15, -0.1) is 0 Å². The molecule has 2 aromatic rings. The quantitative estimate of drug-likeness (QED) is 0.742. The standard InChI is InChI=1S/C19H23NO/c1-2-3-4-5-10-15-11-6-7-12-16(15)17-13-8-9-14-18(17)19(20)21/h6-9,11-14H,2-5,10H2,1H3,(H2,20,21). The number of primary amides is 1. The Balaban J connectivity index is 2.30. The van der Waals surface area contributed by atoms with Gasteiger partial charge >= 0.3 is 0 Å². The third-order valence-electron chi connectivity index (χ3n) is 3.80. The predicted molar refractivity (Wildman–Crippen MR) is 88.2 cm³/mol. The highest BCUT2D eigenvalue weighted by Gasteiger charge is 2.11. The van der Waals surface area contributed by atoms with Gasteiger partial charge in [0, 0.05) is 5.56 Å². The molecule has 0 atom stereocenters. The number of carbonyl (C=O) groups is 1. The van der Waals surface area contributed by atoms with Crippen molar-refractivity contribution in [1.29, 1.82) is 0 Å². The molecule has 2 rings (SSSR count). The van der Waals surface area contributed by atoms with E-state index in [1.54, 1.807) is 6.07 Å². The molecule has 2 heteroatoms. The topological polar surface area (TPSA) is 43.1 Å². The summed E-state index contributed by atoms with van der Waals surface area (Å²) in [6.45, 7) is 2.22. The highest BCUT2D eigenvalue weighted by atomic mass is 16.1. The second-order valence-electron chi connectivity index (χ2n) is 5.38. The highest BCUT2D eigenvalue weighted by Crippen LogP contribution is 2.28. The molecule has 0 saturated heterocycles. The molecule has 0 bridgehead atoms. The molecule has 0 aromatic heterocycles. The van der Waals surface area contributed by atoms with Gasteiger partial charge in [0.15, 0.2) is 0 Å². The molecule has 0 unspecified atom stereocenters. The summed E-state index contributed by atoms with van der Waals surface area (Å²) in [5.74, 6) is -0.369. The molecule has 0 radical (unpaired) electrons. The number of nitrogens with two attached hydrogens (primary N) is 1. The summed E-state index contributed by atoms with van der Waals surface area (Å²) < 4.78 is 0. The maximum absolute atomic E-state index is 11.6. The molecule has 0 heterocycles. The Bertz CT molecular complexity index is 604. The summed E-state index contributed by atoms with van der Waals surface area (Å²) in [4.78, 5) is 11.6. The summed E-state index contributed by atoms with van der Waals surface area (Å²) in [6, 6.07) is 15.9. The minimum Gasteiger partial charge on any atom is -0.366 e. The van der Waals surface area contributed by atoms with Crippen LogP contribution in [0.5, 0.6) is 0 Å². The van der Waals surface area contributed by atoms with E-state index in [1.807, 2.05) is 24.3 Å². The van der Waals surface area contributed by atoms with Gasteiger partial charge in [-0.2, -0.15) is 0 Å². The Morgan fingerprint density at radius 3 is 2.29 bits per heavy atom. The molecule has 0 saturated carbocycles. The Kier molecular flexibility index (Phi) is 5.56. The lowest BCUT2D eigenvalue weighted by atomic mass is 9.92. The predicted octanol–water partition coefficient (Wildman–Crippen LogP) is 4.58. The summed E-state index contributed by atoms with van der Waals surface area (Å²) in [7, 11) is 0. The van der Waals surface area contributed by atoms with Crippen molar-refractivity contribution in [3.8, 4) is 11.1 Å². The van der Waals surface area contributed by atoms with Crippen molar-refractivity contribution in [2.45, 2.75) is 39.0 Å². The van der Waals surface area contributed by atoms with Crippen LogP contribution in [-0.2, 0) is 6.42 Å². The van der Waals surface area contributed by atoms with E-state index in [0.29, 0.717) is 5.56 Å². The Morgan fingerprint density at radius 2 is 1.57 bits per heavy atom. The van der Waals surface area contributed by atoms with E-state index in [0.717, 1.165) is 17.5 Å². The van der Waals surface area contributed by atoms with Crippen LogP contribution in [0.15, 0.2) is 48.5 Å². The number of unbranched alkanes of at least 4 members (excludes halogenated alkanes) is 3. The Hall–Kier alpha value is -2.09. The van der Waals surface area contributed by atoms with Crippen LogP contribution in [0.4, 0.5) is 0 Å². The number of hydrogen-bond acceptors (Lipinski definition) is 1. The Morgan fingerprint density at radius 1 is 0.905 bits per heavy atom. The van der Waals surface area contributed by atoms with E-state index in [-0.39, 0.29) is 5.91 Å². The number of amides is 1. The highest BCUT2D eigenvalue weighted by molar-refractivity contribution is 6.00.